The highest BCUT2D eigenvalue weighted by atomic mass is 35.5. The van der Waals surface area contributed by atoms with Crippen molar-refractivity contribution >= 4 is 22.9 Å². The number of halogens is 1. The van der Waals surface area contributed by atoms with Crippen LogP contribution in [0.25, 0.3) is 0 Å². The van der Waals surface area contributed by atoms with Crippen molar-refractivity contribution in [1.29, 1.82) is 5.26 Å². The molecule has 1 N–H and O–H groups in total. The van der Waals surface area contributed by atoms with Crippen LogP contribution in [-0.2, 0) is 16.8 Å². The maximum atomic E-state index is 9.53. The van der Waals surface area contributed by atoms with Crippen LogP contribution >= 0.6 is 22.9 Å². The lowest BCUT2D eigenvalue weighted by Crippen LogP contribution is -2.56. The highest BCUT2D eigenvalue weighted by molar-refractivity contribution is 7.16. The van der Waals surface area contributed by atoms with Crippen molar-refractivity contribution in [3.8, 4) is 6.07 Å². The summed E-state index contributed by atoms with van der Waals surface area (Å²) in [6, 6.07) is 5.25. The maximum Gasteiger partial charge on any atom is 0.106 e. The summed E-state index contributed by atoms with van der Waals surface area (Å²) in [4.78, 5) is 1.31. The zero-order valence-electron chi connectivity index (χ0n) is 12.1. The van der Waals surface area contributed by atoms with E-state index in [-0.39, 0.29) is 17.1 Å². The molecule has 1 aromatic rings. The van der Waals surface area contributed by atoms with E-state index in [2.05, 4.69) is 24.4 Å². The van der Waals surface area contributed by atoms with E-state index < -0.39 is 0 Å². The van der Waals surface area contributed by atoms with Crippen LogP contribution in [0.4, 0.5) is 0 Å². The van der Waals surface area contributed by atoms with E-state index in [1.807, 2.05) is 0 Å². The lowest BCUT2D eigenvalue weighted by molar-refractivity contribution is -0.0991. The standard InChI is InChI=1S/C16H19ClN2OS/c1-10-7-16(8-12(19-10)15(9-18)3-4-15)14-11(2-5-20-16)6-13(17)21-14/h6,10,12,19H,2-5,7-8H2,1H3. The van der Waals surface area contributed by atoms with Gasteiger partial charge in [0.25, 0.3) is 0 Å². The van der Waals surface area contributed by atoms with Gasteiger partial charge >= 0.3 is 0 Å². The van der Waals surface area contributed by atoms with Crippen molar-refractivity contribution in [2.45, 2.75) is 56.7 Å². The fourth-order valence-electron chi connectivity index (χ4n) is 4.09. The summed E-state index contributed by atoms with van der Waals surface area (Å²) in [5.41, 5.74) is 0.961. The predicted octanol–water partition coefficient (Wildman–Crippen LogP) is 3.61. The van der Waals surface area contributed by atoms with E-state index in [1.54, 1.807) is 11.3 Å². The second-order valence-corrected chi connectivity index (χ2v) is 8.48. The Morgan fingerprint density at radius 2 is 2.29 bits per heavy atom. The van der Waals surface area contributed by atoms with Gasteiger partial charge in [0.05, 0.1) is 22.4 Å². The summed E-state index contributed by atoms with van der Waals surface area (Å²) in [7, 11) is 0. The Bertz CT molecular complexity index is 618. The number of piperidine rings is 1. The fraction of sp³-hybridized carbons (Fsp3) is 0.688. The summed E-state index contributed by atoms with van der Waals surface area (Å²) in [5.74, 6) is 0. The second kappa shape index (κ2) is 4.70. The molecule has 0 amide bonds. The number of rotatable bonds is 1. The first kappa shape index (κ1) is 14.0. The van der Waals surface area contributed by atoms with Crippen LogP contribution in [0.5, 0.6) is 0 Å². The van der Waals surface area contributed by atoms with Gasteiger partial charge in [-0.25, -0.2) is 0 Å². The largest absolute Gasteiger partial charge is 0.369 e. The molecule has 3 atom stereocenters. The van der Waals surface area contributed by atoms with Crippen LogP contribution in [-0.4, -0.2) is 18.7 Å². The summed E-state index contributed by atoms with van der Waals surface area (Å²) >= 11 is 7.92. The number of hydrogen-bond acceptors (Lipinski definition) is 4. The molecule has 1 saturated carbocycles. The molecule has 0 radical (unpaired) electrons. The van der Waals surface area contributed by atoms with Gasteiger partial charge in [0.1, 0.15) is 5.60 Å². The van der Waals surface area contributed by atoms with Crippen LogP contribution in [0.3, 0.4) is 0 Å². The van der Waals surface area contributed by atoms with Crippen molar-refractivity contribution in [1.82, 2.24) is 5.32 Å². The van der Waals surface area contributed by atoms with E-state index in [0.29, 0.717) is 6.04 Å². The number of hydrogen-bond donors (Lipinski definition) is 1. The number of nitriles is 1. The van der Waals surface area contributed by atoms with Gasteiger partial charge in [0, 0.05) is 17.0 Å². The summed E-state index contributed by atoms with van der Waals surface area (Å²) in [6.45, 7) is 2.97. The summed E-state index contributed by atoms with van der Waals surface area (Å²) < 4.78 is 7.17. The minimum absolute atomic E-state index is 0.163. The average Bonchev–Trinajstić information content (AvgIpc) is 3.15. The smallest absolute Gasteiger partial charge is 0.106 e. The highest BCUT2D eigenvalue weighted by Gasteiger charge is 2.56. The maximum absolute atomic E-state index is 9.53. The lowest BCUT2D eigenvalue weighted by atomic mass is 9.76. The van der Waals surface area contributed by atoms with Gasteiger partial charge < -0.3 is 10.1 Å². The second-order valence-electron chi connectivity index (χ2n) is 6.79. The molecule has 1 spiro atoms. The van der Waals surface area contributed by atoms with Crippen molar-refractivity contribution < 1.29 is 4.74 Å². The van der Waals surface area contributed by atoms with Gasteiger partial charge in [-0.05, 0) is 50.7 Å². The number of ether oxygens (including phenoxy) is 1. The van der Waals surface area contributed by atoms with Gasteiger partial charge in [-0.2, -0.15) is 5.26 Å². The molecule has 1 aliphatic carbocycles. The Balaban J connectivity index is 1.73. The molecule has 1 aromatic heterocycles. The zero-order chi connectivity index (χ0) is 14.7. The molecular weight excluding hydrogens is 304 g/mol. The molecule has 0 bridgehead atoms. The van der Waals surface area contributed by atoms with Crippen molar-refractivity contribution in [2.75, 3.05) is 6.61 Å². The summed E-state index contributed by atoms with van der Waals surface area (Å²) in [5, 5.41) is 13.2. The molecule has 21 heavy (non-hydrogen) atoms. The Labute approximate surface area is 134 Å². The number of nitrogens with zero attached hydrogens (tertiary/aromatic N) is 1. The predicted molar refractivity (Wildman–Crippen MR) is 83.6 cm³/mol. The molecule has 5 heteroatoms. The van der Waals surface area contributed by atoms with Crippen LogP contribution in [0.1, 0.15) is 43.0 Å². The molecule has 112 valence electrons. The Kier molecular flexibility index (Phi) is 3.14. The van der Waals surface area contributed by atoms with Gasteiger partial charge in [-0.15, -0.1) is 11.3 Å². The summed E-state index contributed by atoms with van der Waals surface area (Å²) in [6.07, 6.45) is 4.85. The Hall–Kier alpha value is -0.600. The molecule has 1 saturated heterocycles. The molecule has 0 aromatic carbocycles. The normalized spacial score (nSPS) is 37.0. The SMILES string of the molecule is CC1CC2(CC(C3(C#N)CC3)N1)OCCc1cc(Cl)sc12. The van der Waals surface area contributed by atoms with E-state index in [1.165, 1.54) is 10.4 Å². The van der Waals surface area contributed by atoms with Gasteiger partial charge in [0.2, 0.25) is 0 Å². The van der Waals surface area contributed by atoms with Crippen LogP contribution < -0.4 is 5.32 Å². The van der Waals surface area contributed by atoms with E-state index >= 15 is 0 Å². The third-order valence-corrected chi connectivity index (χ3v) is 6.77. The molecule has 3 aliphatic rings. The molecular formula is C16H19ClN2OS. The van der Waals surface area contributed by atoms with E-state index in [4.69, 9.17) is 16.3 Å². The number of thiophene rings is 1. The number of nitrogens with one attached hydrogen (secondary N) is 1. The van der Waals surface area contributed by atoms with E-state index in [0.717, 1.165) is 43.0 Å². The van der Waals surface area contributed by atoms with Crippen molar-refractivity contribution in [3.05, 3.63) is 20.8 Å². The third kappa shape index (κ3) is 2.14. The van der Waals surface area contributed by atoms with Crippen LogP contribution in [0, 0.1) is 16.7 Å². The minimum atomic E-state index is -0.229. The molecule has 4 rings (SSSR count). The third-order valence-electron chi connectivity index (χ3n) is 5.28. The van der Waals surface area contributed by atoms with Gasteiger partial charge in [-0.3, -0.25) is 0 Å². The van der Waals surface area contributed by atoms with E-state index in [9.17, 15) is 5.26 Å². The lowest BCUT2D eigenvalue weighted by Gasteiger charge is -2.47. The molecule has 2 aliphatic heterocycles. The highest BCUT2D eigenvalue weighted by Crippen LogP contribution is 2.55. The topological polar surface area (TPSA) is 45.0 Å². The van der Waals surface area contributed by atoms with Gasteiger partial charge in [0.15, 0.2) is 0 Å². The van der Waals surface area contributed by atoms with Crippen molar-refractivity contribution in [2.24, 2.45) is 5.41 Å². The minimum Gasteiger partial charge on any atom is -0.369 e. The molecule has 2 fully saturated rings. The monoisotopic (exact) mass is 322 g/mol. The van der Waals surface area contributed by atoms with Crippen LogP contribution in [0.2, 0.25) is 4.34 Å². The Morgan fingerprint density at radius 3 is 3.00 bits per heavy atom. The quantitative estimate of drug-likeness (QED) is 0.859. The Morgan fingerprint density at radius 1 is 1.48 bits per heavy atom. The average molecular weight is 323 g/mol. The first-order chi connectivity index (χ1) is 10.1. The first-order valence-corrected chi connectivity index (χ1v) is 8.86. The zero-order valence-corrected chi connectivity index (χ0v) is 13.7. The molecule has 3 nitrogen and oxygen atoms in total. The molecule has 3 unspecified atom stereocenters. The fourth-order valence-corrected chi connectivity index (χ4v) is 5.55. The van der Waals surface area contributed by atoms with Crippen molar-refractivity contribution in [3.63, 3.8) is 0 Å². The molecule has 3 heterocycles. The number of fused-ring (bicyclic) bond motifs is 2. The van der Waals surface area contributed by atoms with Crippen LogP contribution in [0.15, 0.2) is 6.07 Å². The van der Waals surface area contributed by atoms with Gasteiger partial charge in [-0.1, -0.05) is 11.6 Å². The first-order valence-electron chi connectivity index (χ1n) is 7.67.